The van der Waals surface area contributed by atoms with Gasteiger partial charge in [-0.25, -0.2) is 9.97 Å². The third-order valence-electron chi connectivity index (χ3n) is 2.17. The molecule has 1 aromatic carbocycles. The fourth-order valence-corrected chi connectivity index (χ4v) is 2.98. The monoisotopic (exact) mass is 234 g/mol. The van der Waals surface area contributed by atoms with Crippen LogP contribution in [0.3, 0.4) is 0 Å². The number of hydrogen-bond acceptors (Lipinski definition) is 4. The van der Waals surface area contributed by atoms with Crippen molar-refractivity contribution in [3.63, 3.8) is 0 Å². The molecule has 1 unspecified atom stereocenters. The largest absolute Gasteiger partial charge is 0.323 e. The van der Waals surface area contributed by atoms with Gasteiger partial charge in [0.25, 0.3) is 7.37 Å². The second-order valence-corrected chi connectivity index (χ2v) is 5.50. The molecule has 4 nitrogen and oxygen atoms in total. The van der Waals surface area contributed by atoms with Crippen LogP contribution in [0.5, 0.6) is 0 Å². The van der Waals surface area contributed by atoms with Gasteiger partial charge in [0, 0.05) is 24.8 Å². The summed E-state index contributed by atoms with van der Waals surface area (Å²) in [5.74, 6) is 0. The summed E-state index contributed by atoms with van der Waals surface area (Å²) in [7, 11) is -1.72. The standard InChI is InChI=1S/C11H11N2O2P/c1-15-16(14,10-6-3-2-4-7-10)11-12-8-5-9-13-11/h2-9H,1H3. The lowest BCUT2D eigenvalue weighted by Crippen LogP contribution is -2.22. The Morgan fingerprint density at radius 2 is 1.69 bits per heavy atom. The van der Waals surface area contributed by atoms with E-state index in [1.54, 1.807) is 30.6 Å². The highest BCUT2D eigenvalue weighted by Gasteiger charge is 2.29. The molecule has 0 fully saturated rings. The molecule has 5 heteroatoms. The van der Waals surface area contributed by atoms with E-state index in [0.29, 0.717) is 5.30 Å². The predicted molar refractivity (Wildman–Crippen MR) is 62.4 cm³/mol. The number of hydrogen-bond donors (Lipinski definition) is 0. The van der Waals surface area contributed by atoms with Crippen LogP contribution in [0.25, 0.3) is 0 Å². The van der Waals surface area contributed by atoms with Gasteiger partial charge in [0.2, 0.25) is 5.57 Å². The summed E-state index contributed by atoms with van der Waals surface area (Å²) in [6, 6.07) is 10.7. The van der Waals surface area contributed by atoms with Crippen molar-refractivity contribution in [2.75, 3.05) is 7.11 Å². The summed E-state index contributed by atoms with van der Waals surface area (Å²) < 4.78 is 17.8. The second-order valence-electron chi connectivity index (χ2n) is 3.12. The Hall–Kier alpha value is -1.51. The maximum atomic E-state index is 12.6. The van der Waals surface area contributed by atoms with E-state index >= 15 is 0 Å². The van der Waals surface area contributed by atoms with E-state index in [0.717, 1.165) is 0 Å². The highest BCUT2D eigenvalue weighted by atomic mass is 31.2. The van der Waals surface area contributed by atoms with E-state index in [1.807, 2.05) is 18.2 Å². The highest BCUT2D eigenvalue weighted by molar-refractivity contribution is 7.73. The van der Waals surface area contributed by atoms with Crippen LogP contribution in [0.2, 0.25) is 0 Å². The number of aromatic nitrogens is 2. The molecule has 0 N–H and O–H groups in total. The van der Waals surface area contributed by atoms with E-state index in [2.05, 4.69) is 9.97 Å². The van der Waals surface area contributed by atoms with E-state index in [9.17, 15) is 4.57 Å². The van der Waals surface area contributed by atoms with Crippen LogP contribution in [-0.4, -0.2) is 17.1 Å². The third-order valence-corrected chi connectivity index (χ3v) is 4.42. The average molecular weight is 234 g/mol. The predicted octanol–water partition coefficient (Wildman–Crippen LogP) is 1.35. The number of benzene rings is 1. The molecular formula is C11H11N2O2P. The fourth-order valence-electron chi connectivity index (χ4n) is 1.37. The zero-order valence-corrected chi connectivity index (χ0v) is 9.67. The quantitative estimate of drug-likeness (QED) is 0.752. The molecule has 0 saturated heterocycles. The van der Waals surface area contributed by atoms with Crippen LogP contribution >= 0.6 is 7.37 Å². The highest BCUT2D eigenvalue weighted by Crippen LogP contribution is 2.41. The van der Waals surface area contributed by atoms with Crippen LogP contribution in [0.15, 0.2) is 48.8 Å². The Kier molecular flexibility index (Phi) is 3.13. The van der Waals surface area contributed by atoms with Crippen LogP contribution in [-0.2, 0) is 9.09 Å². The molecule has 2 aromatic rings. The van der Waals surface area contributed by atoms with Crippen molar-refractivity contribution in [2.45, 2.75) is 0 Å². The lowest BCUT2D eigenvalue weighted by atomic mass is 10.4. The molecule has 0 aliphatic heterocycles. The zero-order chi connectivity index (χ0) is 11.4. The summed E-state index contributed by atoms with van der Waals surface area (Å²) >= 11 is 0. The number of rotatable bonds is 3. The van der Waals surface area contributed by atoms with Crippen LogP contribution in [0.4, 0.5) is 0 Å². The van der Waals surface area contributed by atoms with Crippen molar-refractivity contribution < 1.29 is 9.09 Å². The Morgan fingerprint density at radius 1 is 1.06 bits per heavy atom. The summed E-state index contributed by atoms with van der Waals surface area (Å²) in [5.41, 5.74) is 0.226. The molecule has 1 atom stereocenters. The van der Waals surface area contributed by atoms with Gasteiger partial charge in [-0.3, -0.25) is 4.57 Å². The van der Waals surface area contributed by atoms with Gasteiger partial charge < -0.3 is 4.52 Å². The van der Waals surface area contributed by atoms with Crippen molar-refractivity contribution in [3.8, 4) is 0 Å². The van der Waals surface area contributed by atoms with Gasteiger partial charge in [-0.05, 0) is 18.2 Å². The van der Waals surface area contributed by atoms with Crippen molar-refractivity contribution in [2.24, 2.45) is 0 Å². The van der Waals surface area contributed by atoms with Crippen molar-refractivity contribution in [3.05, 3.63) is 48.8 Å². The molecule has 0 aliphatic rings. The lowest BCUT2D eigenvalue weighted by molar-refractivity contribution is 0.410. The van der Waals surface area contributed by atoms with Gasteiger partial charge >= 0.3 is 0 Å². The zero-order valence-electron chi connectivity index (χ0n) is 8.78. The smallest absolute Gasteiger partial charge is 0.297 e. The SMILES string of the molecule is COP(=O)(c1ccccc1)c1ncccn1. The van der Waals surface area contributed by atoms with Gasteiger partial charge in [0.1, 0.15) is 0 Å². The molecule has 0 amide bonds. The molecule has 0 spiro atoms. The van der Waals surface area contributed by atoms with Crippen LogP contribution in [0, 0.1) is 0 Å². The minimum Gasteiger partial charge on any atom is -0.323 e. The molecular weight excluding hydrogens is 223 g/mol. The Morgan fingerprint density at radius 3 is 2.25 bits per heavy atom. The molecule has 1 aromatic heterocycles. The Balaban J connectivity index is 2.54. The summed E-state index contributed by atoms with van der Waals surface area (Å²) in [4.78, 5) is 8.00. The summed E-state index contributed by atoms with van der Waals surface area (Å²) in [6.07, 6.45) is 3.11. The minimum absolute atomic E-state index is 0.226. The Labute approximate surface area is 93.8 Å². The molecule has 0 saturated carbocycles. The first-order chi connectivity index (χ1) is 7.77. The first kappa shape index (κ1) is 11.0. The van der Waals surface area contributed by atoms with E-state index in [-0.39, 0.29) is 5.57 Å². The number of nitrogens with zero attached hydrogens (tertiary/aromatic N) is 2. The third kappa shape index (κ3) is 1.90. The molecule has 0 radical (unpaired) electrons. The normalized spacial score (nSPS) is 14.3. The molecule has 0 bridgehead atoms. The van der Waals surface area contributed by atoms with Crippen LogP contribution in [0.1, 0.15) is 0 Å². The average Bonchev–Trinajstić information content (AvgIpc) is 2.40. The van der Waals surface area contributed by atoms with Crippen molar-refractivity contribution in [1.82, 2.24) is 9.97 Å². The van der Waals surface area contributed by atoms with Gasteiger partial charge in [-0.2, -0.15) is 0 Å². The molecule has 2 rings (SSSR count). The first-order valence-electron chi connectivity index (χ1n) is 4.76. The van der Waals surface area contributed by atoms with Crippen molar-refractivity contribution >= 4 is 18.2 Å². The molecule has 16 heavy (non-hydrogen) atoms. The van der Waals surface area contributed by atoms with E-state index in [1.165, 1.54) is 7.11 Å². The molecule has 1 heterocycles. The molecule has 0 aliphatic carbocycles. The fraction of sp³-hybridized carbons (Fsp3) is 0.0909. The van der Waals surface area contributed by atoms with Crippen molar-refractivity contribution in [1.29, 1.82) is 0 Å². The van der Waals surface area contributed by atoms with Gasteiger partial charge in [-0.1, -0.05) is 18.2 Å². The maximum Gasteiger partial charge on any atom is 0.297 e. The molecule has 82 valence electrons. The van der Waals surface area contributed by atoms with Gasteiger partial charge in [0.05, 0.1) is 0 Å². The topological polar surface area (TPSA) is 52.1 Å². The summed E-state index contributed by atoms with van der Waals surface area (Å²) in [6.45, 7) is 0. The van der Waals surface area contributed by atoms with E-state index in [4.69, 9.17) is 4.52 Å². The second kappa shape index (κ2) is 4.56. The minimum atomic E-state index is -3.13. The maximum absolute atomic E-state index is 12.6. The summed E-state index contributed by atoms with van der Waals surface area (Å²) in [5, 5.41) is 0.601. The van der Waals surface area contributed by atoms with Gasteiger partial charge in [-0.15, -0.1) is 0 Å². The van der Waals surface area contributed by atoms with Crippen LogP contribution < -0.4 is 10.9 Å². The first-order valence-corrected chi connectivity index (χ1v) is 6.39. The van der Waals surface area contributed by atoms with E-state index < -0.39 is 7.37 Å². The van der Waals surface area contributed by atoms with Gasteiger partial charge in [0.15, 0.2) is 0 Å². The Bertz CT molecular complexity index is 458. The lowest BCUT2D eigenvalue weighted by Gasteiger charge is -2.14.